The van der Waals surface area contributed by atoms with Crippen LogP contribution in [0.1, 0.15) is 23.2 Å². The SMILES string of the molecule is CNC1CCN(C(=O)c2cn(C)nc2-c2ccc([N+](=O)[O-])cc2)CC1. The maximum atomic E-state index is 12.9. The standard InChI is InChI=1S/C17H21N5O3/c1-18-13-7-9-21(10-8-13)17(23)15-11-20(2)19-16(15)12-3-5-14(6-4-12)22(24)25/h3-6,11,13,18H,7-10H2,1-2H3. The molecule has 0 atom stereocenters. The molecule has 1 saturated heterocycles. The fourth-order valence-electron chi connectivity index (χ4n) is 3.14. The lowest BCUT2D eigenvalue weighted by Crippen LogP contribution is -2.44. The summed E-state index contributed by atoms with van der Waals surface area (Å²) in [6, 6.07) is 6.56. The molecule has 8 heteroatoms. The number of rotatable bonds is 4. The van der Waals surface area contributed by atoms with E-state index in [1.807, 2.05) is 11.9 Å². The van der Waals surface area contributed by atoms with Crippen molar-refractivity contribution >= 4 is 11.6 Å². The molecule has 0 bridgehead atoms. The average Bonchev–Trinajstić information content (AvgIpc) is 3.03. The second kappa shape index (κ2) is 7.02. The lowest BCUT2D eigenvalue weighted by atomic mass is 10.0. The number of piperidine rings is 1. The van der Waals surface area contributed by atoms with Crippen molar-refractivity contribution < 1.29 is 9.72 Å². The summed E-state index contributed by atoms with van der Waals surface area (Å²) in [5, 5.41) is 18.4. The largest absolute Gasteiger partial charge is 0.338 e. The molecule has 3 rings (SSSR count). The number of benzene rings is 1. The quantitative estimate of drug-likeness (QED) is 0.675. The number of likely N-dealkylation sites (tertiary alicyclic amines) is 1. The van der Waals surface area contributed by atoms with Gasteiger partial charge in [0.2, 0.25) is 0 Å². The number of nitro groups is 1. The molecule has 0 spiro atoms. The van der Waals surface area contributed by atoms with Crippen LogP contribution in [0, 0.1) is 10.1 Å². The number of carbonyl (C=O) groups is 1. The number of hydrogen-bond acceptors (Lipinski definition) is 5. The minimum atomic E-state index is -0.444. The van der Waals surface area contributed by atoms with Gasteiger partial charge < -0.3 is 10.2 Å². The molecule has 1 N–H and O–H groups in total. The van der Waals surface area contributed by atoms with Gasteiger partial charge in [0.15, 0.2) is 0 Å². The Morgan fingerprint density at radius 2 is 1.92 bits per heavy atom. The molecule has 1 aromatic carbocycles. The van der Waals surface area contributed by atoms with E-state index in [4.69, 9.17) is 0 Å². The summed E-state index contributed by atoms with van der Waals surface area (Å²) in [7, 11) is 3.70. The number of nitrogens with zero attached hydrogens (tertiary/aromatic N) is 4. The first kappa shape index (κ1) is 17.1. The number of aromatic nitrogens is 2. The lowest BCUT2D eigenvalue weighted by molar-refractivity contribution is -0.384. The molecule has 1 fully saturated rings. The van der Waals surface area contributed by atoms with E-state index in [0.717, 1.165) is 12.8 Å². The second-order valence-electron chi connectivity index (χ2n) is 6.22. The molecule has 132 valence electrons. The van der Waals surface area contributed by atoms with Gasteiger partial charge in [0.1, 0.15) is 5.69 Å². The monoisotopic (exact) mass is 343 g/mol. The molecule has 0 saturated carbocycles. The van der Waals surface area contributed by atoms with Crippen LogP contribution in [0.25, 0.3) is 11.3 Å². The number of hydrogen-bond donors (Lipinski definition) is 1. The summed E-state index contributed by atoms with van der Waals surface area (Å²) in [4.78, 5) is 25.1. The van der Waals surface area contributed by atoms with Crippen LogP contribution in [0.5, 0.6) is 0 Å². The maximum absolute atomic E-state index is 12.9. The molecule has 25 heavy (non-hydrogen) atoms. The first-order chi connectivity index (χ1) is 12.0. The van der Waals surface area contributed by atoms with Crippen LogP contribution < -0.4 is 5.32 Å². The normalized spacial score (nSPS) is 15.4. The van der Waals surface area contributed by atoms with Crippen LogP contribution in [0.15, 0.2) is 30.5 Å². The van der Waals surface area contributed by atoms with Gasteiger partial charge in [-0.25, -0.2) is 0 Å². The summed E-state index contributed by atoms with van der Waals surface area (Å²) in [5.74, 6) is -0.0454. The molecule has 1 aromatic heterocycles. The van der Waals surface area contributed by atoms with E-state index in [-0.39, 0.29) is 11.6 Å². The molecule has 0 unspecified atom stereocenters. The molecule has 2 heterocycles. The highest BCUT2D eigenvalue weighted by Gasteiger charge is 2.26. The molecule has 1 aliphatic heterocycles. The number of carbonyl (C=O) groups excluding carboxylic acids is 1. The van der Waals surface area contributed by atoms with E-state index in [9.17, 15) is 14.9 Å². The Morgan fingerprint density at radius 3 is 2.48 bits per heavy atom. The van der Waals surface area contributed by atoms with Crippen molar-refractivity contribution in [2.45, 2.75) is 18.9 Å². The highest BCUT2D eigenvalue weighted by Crippen LogP contribution is 2.26. The van der Waals surface area contributed by atoms with Crippen LogP contribution in [0.2, 0.25) is 0 Å². The molecule has 1 amide bonds. The molecule has 8 nitrogen and oxygen atoms in total. The number of aryl methyl sites for hydroxylation is 1. The summed E-state index contributed by atoms with van der Waals surface area (Å²) in [5.41, 5.74) is 1.79. The van der Waals surface area contributed by atoms with Gasteiger partial charge in [0.25, 0.3) is 11.6 Å². The van der Waals surface area contributed by atoms with Crippen molar-refractivity contribution in [1.29, 1.82) is 0 Å². The Balaban J connectivity index is 1.85. The van der Waals surface area contributed by atoms with E-state index >= 15 is 0 Å². The van der Waals surface area contributed by atoms with Gasteiger partial charge >= 0.3 is 0 Å². The third-order valence-electron chi connectivity index (χ3n) is 4.60. The molecular weight excluding hydrogens is 322 g/mol. The third-order valence-corrected chi connectivity index (χ3v) is 4.60. The molecule has 0 aliphatic carbocycles. The highest BCUT2D eigenvalue weighted by molar-refractivity contribution is 5.99. The van der Waals surface area contributed by atoms with Crippen molar-refractivity contribution in [3.8, 4) is 11.3 Å². The smallest absolute Gasteiger partial charge is 0.269 e. The minimum absolute atomic E-state index is 0.0155. The van der Waals surface area contributed by atoms with Gasteiger partial charge in [-0.05, 0) is 32.0 Å². The minimum Gasteiger partial charge on any atom is -0.338 e. The van der Waals surface area contributed by atoms with Crippen molar-refractivity contribution in [2.24, 2.45) is 7.05 Å². The van der Waals surface area contributed by atoms with Crippen LogP contribution in [-0.2, 0) is 7.05 Å². The Bertz CT molecular complexity index is 776. The number of amides is 1. The predicted molar refractivity (Wildman–Crippen MR) is 93.3 cm³/mol. The predicted octanol–water partition coefficient (Wildman–Crippen LogP) is 1.82. The van der Waals surface area contributed by atoms with Crippen molar-refractivity contribution in [2.75, 3.05) is 20.1 Å². The number of nitro benzene ring substituents is 1. The van der Waals surface area contributed by atoms with Crippen molar-refractivity contribution in [1.82, 2.24) is 20.0 Å². The molecule has 2 aromatic rings. The maximum Gasteiger partial charge on any atom is 0.269 e. The van der Waals surface area contributed by atoms with Gasteiger partial charge in [-0.2, -0.15) is 5.10 Å². The number of non-ortho nitro benzene ring substituents is 1. The Hall–Kier alpha value is -2.74. The van der Waals surface area contributed by atoms with Gasteiger partial charge in [0.05, 0.1) is 10.5 Å². The molecule has 1 aliphatic rings. The fourth-order valence-corrected chi connectivity index (χ4v) is 3.14. The zero-order valence-corrected chi connectivity index (χ0v) is 14.3. The van der Waals surface area contributed by atoms with Crippen LogP contribution in [-0.4, -0.2) is 51.7 Å². The zero-order chi connectivity index (χ0) is 18.0. The van der Waals surface area contributed by atoms with E-state index < -0.39 is 4.92 Å². The lowest BCUT2D eigenvalue weighted by Gasteiger charge is -2.31. The van der Waals surface area contributed by atoms with E-state index in [2.05, 4.69) is 10.4 Å². The molecule has 0 radical (unpaired) electrons. The Labute approximate surface area is 145 Å². The summed E-state index contributed by atoms with van der Waals surface area (Å²) in [6.45, 7) is 1.41. The first-order valence-electron chi connectivity index (χ1n) is 8.24. The molecular formula is C17H21N5O3. The van der Waals surface area contributed by atoms with Crippen LogP contribution >= 0.6 is 0 Å². The Kier molecular flexibility index (Phi) is 4.80. The summed E-state index contributed by atoms with van der Waals surface area (Å²) < 4.78 is 1.60. The third kappa shape index (κ3) is 3.53. The topological polar surface area (TPSA) is 93.3 Å². The zero-order valence-electron chi connectivity index (χ0n) is 14.3. The van der Waals surface area contributed by atoms with Gasteiger partial charge in [0, 0.05) is 50.1 Å². The van der Waals surface area contributed by atoms with Gasteiger partial charge in [-0.1, -0.05) is 0 Å². The fraction of sp³-hybridized carbons (Fsp3) is 0.412. The van der Waals surface area contributed by atoms with Crippen molar-refractivity contribution in [3.05, 3.63) is 46.1 Å². The summed E-state index contributed by atoms with van der Waals surface area (Å²) in [6.07, 6.45) is 3.56. The van der Waals surface area contributed by atoms with E-state index in [1.54, 1.807) is 30.1 Å². The highest BCUT2D eigenvalue weighted by atomic mass is 16.6. The number of nitrogens with one attached hydrogen (secondary N) is 1. The van der Waals surface area contributed by atoms with E-state index in [1.165, 1.54) is 12.1 Å². The van der Waals surface area contributed by atoms with Gasteiger partial charge in [-0.3, -0.25) is 19.6 Å². The Morgan fingerprint density at radius 1 is 1.28 bits per heavy atom. The van der Waals surface area contributed by atoms with Crippen LogP contribution in [0.4, 0.5) is 5.69 Å². The first-order valence-corrected chi connectivity index (χ1v) is 8.24. The van der Waals surface area contributed by atoms with Gasteiger partial charge in [-0.15, -0.1) is 0 Å². The van der Waals surface area contributed by atoms with Crippen LogP contribution in [0.3, 0.4) is 0 Å². The second-order valence-corrected chi connectivity index (χ2v) is 6.22. The summed E-state index contributed by atoms with van der Waals surface area (Å²) >= 11 is 0. The van der Waals surface area contributed by atoms with E-state index in [0.29, 0.717) is 36.0 Å². The average molecular weight is 343 g/mol. The van der Waals surface area contributed by atoms with Crippen molar-refractivity contribution in [3.63, 3.8) is 0 Å².